The first-order valence-corrected chi connectivity index (χ1v) is 9.92. The van der Waals surface area contributed by atoms with Crippen LogP contribution in [0.25, 0.3) is 0 Å². The first-order valence-electron chi connectivity index (χ1n) is 9.92. The smallest absolute Gasteiger partial charge is 0.277 e. The van der Waals surface area contributed by atoms with E-state index in [-0.39, 0.29) is 18.4 Å². The lowest BCUT2D eigenvalue weighted by atomic mass is 10.1. The standard InChI is InChI=1S/C25H25N3O3/c1-17-13-18(2)15-23(14-17)31-16-24(29)28-27-19(3)20-9-11-22(12-10-20)26-25(30)21-7-5-4-6-8-21/h4-15H,16H2,1-3H3,(H,26,30)(H,28,29)/b27-19-. The second-order valence-corrected chi connectivity index (χ2v) is 7.24. The van der Waals surface area contributed by atoms with Gasteiger partial charge < -0.3 is 10.1 Å². The highest BCUT2D eigenvalue weighted by Crippen LogP contribution is 2.16. The van der Waals surface area contributed by atoms with E-state index in [2.05, 4.69) is 15.8 Å². The molecule has 31 heavy (non-hydrogen) atoms. The van der Waals surface area contributed by atoms with Crippen molar-refractivity contribution in [1.82, 2.24) is 5.43 Å². The van der Waals surface area contributed by atoms with Gasteiger partial charge in [0.2, 0.25) is 0 Å². The van der Waals surface area contributed by atoms with Gasteiger partial charge in [-0.25, -0.2) is 5.43 Å². The number of ether oxygens (including phenoxy) is 1. The summed E-state index contributed by atoms with van der Waals surface area (Å²) in [6, 6.07) is 22.1. The summed E-state index contributed by atoms with van der Waals surface area (Å²) in [5.41, 5.74) is 7.39. The number of benzene rings is 3. The van der Waals surface area contributed by atoms with Gasteiger partial charge in [0.25, 0.3) is 11.8 Å². The summed E-state index contributed by atoms with van der Waals surface area (Å²) >= 11 is 0. The van der Waals surface area contributed by atoms with Gasteiger partial charge in [-0.05, 0) is 73.9 Å². The Bertz CT molecular complexity index is 1070. The number of aryl methyl sites for hydroxylation is 2. The van der Waals surface area contributed by atoms with E-state index in [9.17, 15) is 9.59 Å². The molecule has 0 spiro atoms. The number of nitrogens with zero attached hydrogens (tertiary/aromatic N) is 1. The summed E-state index contributed by atoms with van der Waals surface area (Å²) < 4.78 is 5.54. The summed E-state index contributed by atoms with van der Waals surface area (Å²) in [5.74, 6) is 0.140. The summed E-state index contributed by atoms with van der Waals surface area (Å²) in [5, 5.41) is 6.98. The molecule has 0 aromatic heterocycles. The van der Waals surface area contributed by atoms with E-state index in [0.717, 1.165) is 16.7 Å². The maximum Gasteiger partial charge on any atom is 0.277 e. The zero-order valence-electron chi connectivity index (χ0n) is 17.8. The third kappa shape index (κ3) is 6.54. The number of carbonyl (C=O) groups is 2. The van der Waals surface area contributed by atoms with Gasteiger partial charge in [-0.15, -0.1) is 0 Å². The molecule has 6 nitrogen and oxygen atoms in total. The lowest BCUT2D eigenvalue weighted by molar-refractivity contribution is -0.123. The van der Waals surface area contributed by atoms with Crippen LogP contribution >= 0.6 is 0 Å². The first kappa shape index (κ1) is 21.8. The quantitative estimate of drug-likeness (QED) is 0.441. The van der Waals surface area contributed by atoms with E-state index >= 15 is 0 Å². The van der Waals surface area contributed by atoms with E-state index in [1.807, 2.05) is 62.4 Å². The van der Waals surface area contributed by atoms with Crippen molar-refractivity contribution in [2.45, 2.75) is 20.8 Å². The predicted molar refractivity (Wildman–Crippen MR) is 123 cm³/mol. The molecule has 0 aliphatic rings. The number of nitrogens with one attached hydrogen (secondary N) is 2. The minimum absolute atomic E-state index is 0.121. The van der Waals surface area contributed by atoms with E-state index in [0.29, 0.717) is 22.7 Å². The Morgan fingerprint density at radius 1 is 0.871 bits per heavy atom. The summed E-state index contributed by atoms with van der Waals surface area (Å²) in [6.45, 7) is 5.63. The molecule has 0 saturated carbocycles. The van der Waals surface area contributed by atoms with Gasteiger partial charge in [0.1, 0.15) is 5.75 Å². The minimum Gasteiger partial charge on any atom is -0.484 e. The highest BCUT2D eigenvalue weighted by molar-refractivity contribution is 6.05. The van der Waals surface area contributed by atoms with Gasteiger partial charge in [-0.1, -0.05) is 36.4 Å². The topological polar surface area (TPSA) is 79.8 Å². The lowest BCUT2D eigenvalue weighted by Crippen LogP contribution is -2.25. The number of rotatable bonds is 7. The van der Waals surface area contributed by atoms with Crippen molar-refractivity contribution in [3.8, 4) is 5.75 Å². The number of carbonyl (C=O) groups excluding carboxylic acids is 2. The van der Waals surface area contributed by atoms with Crippen molar-refractivity contribution in [3.05, 3.63) is 95.1 Å². The van der Waals surface area contributed by atoms with Gasteiger partial charge in [0, 0.05) is 11.3 Å². The Balaban J connectivity index is 1.52. The van der Waals surface area contributed by atoms with E-state index in [4.69, 9.17) is 4.74 Å². The number of hydrogen-bond acceptors (Lipinski definition) is 4. The average Bonchev–Trinajstić information content (AvgIpc) is 2.76. The highest BCUT2D eigenvalue weighted by Gasteiger charge is 2.07. The molecule has 3 aromatic rings. The van der Waals surface area contributed by atoms with Crippen LogP contribution < -0.4 is 15.5 Å². The van der Waals surface area contributed by atoms with Gasteiger partial charge in [-0.2, -0.15) is 5.10 Å². The lowest BCUT2D eigenvalue weighted by Gasteiger charge is -2.08. The fraction of sp³-hybridized carbons (Fsp3) is 0.160. The van der Waals surface area contributed by atoms with Crippen LogP contribution in [-0.2, 0) is 4.79 Å². The van der Waals surface area contributed by atoms with E-state index in [1.54, 1.807) is 31.2 Å². The monoisotopic (exact) mass is 415 g/mol. The molecule has 3 aromatic carbocycles. The largest absolute Gasteiger partial charge is 0.484 e. The fourth-order valence-electron chi connectivity index (χ4n) is 3.00. The maximum absolute atomic E-state index is 12.2. The average molecular weight is 415 g/mol. The van der Waals surface area contributed by atoms with Gasteiger partial charge in [0.05, 0.1) is 5.71 Å². The van der Waals surface area contributed by atoms with Crippen LogP contribution in [0, 0.1) is 13.8 Å². The molecule has 0 atom stereocenters. The molecule has 0 heterocycles. The molecular formula is C25H25N3O3. The van der Waals surface area contributed by atoms with Crippen molar-refractivity contribution in [2.24, 2.45) is 5.10 Å². The molecule has 0 fully saturated rings. The zero-order valence-corrected chi connectivity index (χ0v) is 17.8. The van der Waals surface area contributed by atoms with Gasteiger partial charge >= 0.3 is 0 Å². The van der Waals surface area contributed by atoms with Crippen molar-refractivity contribution in [2.75, 3.05) is 11.9 Å². The Hall–Kier alpha value is -3.93. The summed E-state index contributed by atoms with van der Waals surface area (Å²) in [7, 11) is 0. The number of hydrogen-bond donors (Lipinski definition) is 2. The highest BCUT2D eigenvalue weighted by atomic mass is 16.5. The predicted octanol–water partition coefficient (Wildman–Crippen LogP) is 4.47. The van der Waals surface area contributed by atoms with Crippen LogP contribution in [-0.4, -0.2) is 24.1 Å². The Kier molecular flexibility index (Phi) is 7.17. The van der Waals surface area contributed by atoms with E-state index < -0.39 is 0 Å². The SMILES string of the molecule is C/C(=N/NC(=O)COc1cc(C)cc(C)c1)c1ccc(NC(=O)c2ccccc2)cc1. The van der Waals surface area contributed by atoms with Crippen LogP contribution in [0.3, 0.4) is 0 Å². The molecule has 2 amide bonds. The molecule has 158 valence electrons. The molecule has 0 aliphatic carbocycles. The molecule has 2 N–H and O–H groups in total. The van der Waals surface area contributed by atoms with Crippen molar-refractivity contribution < 1.29 is 14.3 Å². The number of anilines is 1. The fourth-order valence-corrected chi connectivity index (χ4v) is 3.00. The van der Waals surface area contributed by atoms with Gasteiger partial charge in [0.15, 0.2) is 6.61 Å². The third-order valence-electron chi connectivity index (χ3n) is 4.51. The van der Waals surface area contributed by atoms with Crippen LogP contribution in [0.15, 0.2) is 77.9 Å². The van der Waals surface area contributed by atoms with Crippen LogP contribution in [0.4, 0.5) is 5.69 Å². The molecule has 0 unspecified atom stereocenters. The molecule has 3 rings (SSSR count). The molecule has 0 saturated heterocycles. The molecular weight excluding hydrogens is 390 g/mol. The van der Waals surface area contributed by atoms with Crippen LogP contribution in [0.1, 0.15) is 34.0 Å². The Morgan fingerprint density at radius 3 is 2.16 bits per heavy atom. The van der Waals surface area contributed by atoms with Crippen LogP contribution in [0.2, 0.25) is 0 Å². The second kappa shape index (κ2) is 10.2. The van der Waals surface area contributed by atoms with Crippen molar-refractivity contribution in [1.29, 1.82) is 0 Å². The summed E-state index contributed by atoms with van der Waals surface area (Å²) in [4.78, 5) is 24.3. The van der Waals surface area contributed by atoms with E-state index in [1.165, 1.54) is 0 Å². The number of hydrazone groups is 1. The molecule has 0 bridgehead atoms. The maximum atomic E-state index is 12.2. The Labute approximate surface area is 182 Å². The van der Waals surface area contributed by atoms with Crippen LogP contribution in [0.5, 0.6) is 5.75 Å². The van der Waals surface area contributed by atoms with Crippen molar-refractivity contribution in [3.63, 3.8) is 0 Å². The Morgan fingerprint density at radius 2 is 1.52 bits per heavy atom. The molecule has 0 radical (unpaired) electrons. The summed E-state index contributed by atoms with van der Waals surface area (Å²) in [6.07, 6.45) is 0. The minimum atomic E-state index is -0.342. The second-order valence-electron chi connectivity index (χ2n) is 7.24. The normalized spacial score (nSPS) is 11.0. The zero-order chi connectivity index (χ0) is 22.2. The van der Waals surface area contributed by atoms with Gasteiger partial charge in [-0.3, -0.25) is 9.59 Å². The molecule has 6 heteroatoms. The third-order valence-corrected chi connectivity index (χ3v) is 4.51. The number of amides is 2. The van der Waals surface area contributed by atoms with Crippen molar-refractivity contribution >= 4 is 23.2 Å². The molecule has 0 aliphatic heterocycles. The first-order chi connectivity index (χ1) is 14.9.